The summed E-state index contributed by atoms with van der Waals surface area (Å²) in [6, 6.07) is 15.0. The van der Waals surface area contributed by atoms with Crippen molar-refractivity contribution in [2.24, 2.45) is 5.73 Å². The van der Waals surface area contributed by atoms with Gasteiger partial charge in [-0.05, 0) is 78.8 Å². The lowest BCUT2D eigenvalue weighted by atomic mass is 9.95. The molecular weight excluding hydrogens is 431 g/mol. The van der Waals surface area contributed by atoms with E-state index in [1.807, 2.05) is 17.0 Å². The van der Waals surface area contributed by atoms with E-state index in [4.69, 9.17) is 5.73 Å². The van der Waals surface area contributed by atoms with Crippen LogP contribution in [0.1, 0.15) is 58.3 Å². The third kappa shape index (κ3) is 4.31. The van der Waals surface area contributed by atoms with Gasteiger partial charge in [0, 0.05) is 30.2 Å². The number of nitrogens with one attached hydrogen (secondary N) is 1. The molecule has 0 radical (unpaired) electrons. The van der Waals surface area contributed by atoms with Crippen LogP contribution in [0, 0.1) is 5.82 Å². The molecular formula is C27H27FN4O2. The maximum Gasteiger partial charge on any atom is 0.255 e. The Bertz CT molecular complexity index is 1200. The van der Waals surface area contributed by atoms with Gasteiger partial charge < -0.3 is 16.0 Å². The topological polar surface area (TPSA) is 88.3 Å². The Morgan fingerprint density at radius 1 is 1.06 bits per heavy atom. The van der Waals surface area contributed by atoms with Gasteiger partial charge in [-0.3, -0.25) is 14.6 Å². The molecule has 1 saturated heterocycles. The van der Waals surface area contributed by atoms with Gasteiger partial charge in [-0.2, -0.15) is 0 Å². The zero-order valence-corrected chi connectivity index (χ0v) is 18.8. The van der Waals surface area contributed by atoms with Gasteiger partial charge in [0.25, 0.3) is 5.91 Å². The van der Waals surface area contributed by atoms with Crippen LogP contribution in [-0.4, -0.2) is 34.3 Å². The summed E-state index contributed by atoms with van der Waals surface area (Å²) in [5.41, 5.74) is 10.6. The Morgan fingerprint density at radius 2 is 1.82 bits per heavy atom. The van der Waals surface area contributed by atoms with E-state index in [-0.39, 0.29) is 35.6 Å². The normalized spacial score (nSPS) is 20.1. The van der Waals surface area contributed by atoms with Crippen LogP contribution in [0.25, 0.3) is 0 Å². The second kappa shape index (κ2) is 9.35. The fraction of sp³-hybridized carbons (Fsp3) is 0.296. The Labute approximate surface area is 198 Å². The Morgan fingerprint density at radius 3 is 2.59 bits per heavy atom. The highest BCUT2D eigenvalue weighted by Crippen LogP contribution is 2.38. The first-order valence-electron chi connectivity index (χ1n) is 11.7. The summed E-state index contributed by atoms with van der Waals surface area (Å²) in [4.78, 5) is 31.9. The molecule has 174 valence electrons. The summed E-state index contributed by atoms with van der Waals surface area (Å²) in [7, 11) is 0. The first-order valence-corrected chi connectivity index (χ1v) is 11.7. The number of benzene rings is 2. The Kier molecular flexibility index (Phi) is 6.11. The standard InChI is InChI=1S/C27H27FN4O2/c28-20-8-10-22-19(16-20)7-9-23(22)27(34)32-15-1-2-24(32)25(29)17-3-5-18(6-4-17)26(33)31-21-11-13-30-14-12-21/h3-6,8,10-14,16,23-25H,1-2,7,9,15,29H2,(H,30,31,33). The summed E-state index contributed by atoms with van der Waals surface area (Å²) in [6.07, 6.45) is 6.40. The molecule has 2 amide bonds. The zero-order chi connectivity index (χ0) is 23.7. The molecule has 2 aromatic carbocycles. The van der Waals surface area contributed by atoms with E-state index in [9.17, 15) is 14.0 Å². The number of nitrogens with two attached hydrogens (primary N) is 1. The number of likely N-dealkylation sites (tertiary alicyclic amines) is 1. The van der Waals surface area contributed by atoms with E-state index >= 15 is 0 Å². The van der Waals surface area contributed by atoms with Gasteiger partial charge in [-0.15, -0.1) is 0 Å². The number of aryl methyl sites for hydroxylation is 1. The van der Waals surface area contributed by atoms with Crippen LogP contribution in [0.5, 0.6) is 0 Å². The molecule has 3 aromatic rings. The molecule has 2 aliphatic rings. The number of halogens is 1. The third-order valence-corrected chi connectivity index (χ3v) is 6.97. The predicted octanol–water partition coefficient (Wildman–Crippen LogP) is 4.19. The lowest BCUT2D eigenvalue weighted by molar-refractivity contribution is -0.134. The van der Waals surface area contributed by atoms with Gasteiger partial charge in [-0.1, -0.05) is 18.2 Å². The molecule has 0 saturated carbocycles. The molecule has 5 rings (SSSR count). The summed E-state index contributed by atoms with van der Waals surface area (Å²) in [6.45, 7) is 0.677. The number of hydrogen-bond acceptors (Lipinski definition) is 4. The number of carbonyl (C=O) groups excluding carboxylic acids is 2. The number of hydrogen-bond donors (Lipinski definition) is 2. The zero-order valence-electron chi connectivity index (χ0n) is 18.8. The van der Waals surface area contributed by atoms with E-state index in [2.05, 4.69) is 10.3 Å². The highest BCUT2D eigenvalue weighted by molar-refractivity contribution is 6.04. The van der Waals surface area contributed by atoms with Crippen LogP contribution in [-0.2, 0) is 11.2 Å². The number of anilines is 1. The smallest absolute Gasteiger partial charge is 0.255 e. The Hall–Kier alpha value is -3.58. The van der Waals surface area contributed by atoms with Gasteiger partial charge in [0.15, 0.2) is 0 Å². The largest absolute Gasteiger partial charge is 0.337 e. The molecule has 1 fully saturated rings. The second-order valence-corrected chi connectivity index (χ2v) is 9.01. The van der Waals surface area contributed by atoms with Crippen LogP contribution >= 0.6 is 0 Å². The SMILES string of the molecule is NC(c1ccc(C(=O)Nc2ccncc2)cc1)C1CCCN1C(=O)C1CCc2cc(F)ccc21. The second-order valence-electron chi connectivity index (χ2n) is 9.01. The van der Waals surface area contributed by atoms with E-state index in [0.717, 1.165) is 36.0 Å². The van der Waals surface area contributed by atoms with Crippen molar-refractivity contribution in [3.05, 3.63) is 95.1 Å². The van der Waals surface area contributed by atoms with Crippen molar-refractivity contribution in [2.45, 2.75) is 43.7 Å². The van der Waals surface area contributed by atoms with Gasteiger partial charge in [0.1, 0.15) is 5.82 Å². The van der Waals surface area contributed by atoms with E-state index in [1.165, 1.54) is 6.07 Å². The van der Waals surface area contributed by atoms with Gasteiger partial charge in [0.2, 0.25) is 5.91 Å². The van der Waals surface area contributed by atoms with Crippen molar-refractivity contribution >= 4 is 17.5 Å². The van der Waals surface area contributed by atoms with Crippen LogP contribution in [0.3, 0.4) is 0 Å². The van der Waals surface area contributed by atoms with Gasteiger partial charge in [-0.25, -0.2) is 4.39 Å². The van der Waals surface area contributed by atoms with Crippen molar-refractivity contribution in [1.29, 1.82) is 0 Å². The van der Waals surface area contributed by atoms with Crippen molar-refractivity contribution < 1.29 is 14.0 Å². The molecule has 0 spiro atoms. The fourth-order valence-corrected chi connectivity index (χ4v) is 5.20. The van der Waals surface area contributed by atoms with Crippen LogP contribution < -0.4 is 11.1 Å². The molecule has 3 unspecified atom stereocenters. The summed E-state index contributed by atoms with van der Waals surface area (Å²) < 4.78 is 13.6. The number of pyridine rings is 1. The van der Waals surface area contributed by atoms with E-state index in [1.54, 1.807) is 48.8 Å². The van der Waals surface area contributed by atoms with E-state index < -0.39 is 0 Å². The molecule has 3 atom stereocenters. The fourth-order valence-electron chi connectivity index (χ4n) is 5.20. The van der Waals surface area contributed by atoms with Crippen molar-refractivity contribution in [3.8, 4) is 0 Å². The van der Waals surface area contributed by atoms with Crippen molar-refractivity contribution in [3.63, 3.8) is 0 Å². The first kappa shape index (κ1) is 22.2. The number of fused-ring (bicyclic) bond motifs is 1. The third-order valence-electron chi connectivity index (χ3n) is 6.97. The van der Waals surface area contributed by atoms with E-state index in [0.29, 0.717) is 24.2 Å². The average Bonchev–Trinajstić information content (AvgIpc) is 3.51. The lowest BCUT2D eigenvalue weighted by Crippen LogP contribution is -2.43. The number of nitrogens with zero attached hydrogens (tertiary/aromatic N) is 2. The van der Waals surface area contributed by atoms with Gasteiger partial charge in [0.05, 0.1) is 18.0 Å². The molecule has 2 heterocycles. The molecule has 34 heavy (non-hydrogen) atoms. The molecule has 6 nitrogen and oxygen atoms in total. The summed E-state index contributed by atoms with van der Waals surface area (Å²) >= 11 is 0. The maximum atomic E-state index is 13.6. The van der Waals surface area contributed by atoms with Crippen LogP contribution in [0.2, 0.25) is 0 Å². The first-order chi connectivity index (χ1) is 16.5. The number of rotatable bonds is 5. The number of aromatic nitrogens is 1. The lowest BCUT2D eigenvalue weighted by Gasteiger charge is -2.32. The molecule has 1 aromatic heterocycles. The predicted molar refractivity (Wildman–Crippen MR) is 128 cm³/mol. The quantitative estimate of drug-likeness (QED) is 0.600. The molecule has 0 bridgehead atoms. The monoisotopic (exact) mass is 458 g/mol. The minimum Gasteiger partial charge on any atom is -0.337 e. The van der Waals surface area contributed by atoms with Crippen molar-refractivity contribution in [2.75, 3.05) is 11.9 Å². The average molecular weight is 459 g/mol. The van der Waals surface area contributed by atoms with Gasteiger partial charge >= 0.3 is 0 Å². The summed E-state index contributed by atoms with van der Waals surface area (Å²) in [5, 5.41) is 2.84. The molecule has 1 aliphatic carbocycles. The number of amides is 2. The van der Waals surface area contributed by atoms with Crippen LogP contribution in [0.4, 0.5) is 10.1 Å². The van der Waals surface area contributed by atoms with Crippen LogP contribution in [0.15, 0.2) is 67.0 Å². The highest BCUT2D eigenvalue weighted by Gasteiger charge is 2.39. The van der Waals surface area contributed by atoms with Crippen molar-refractivity contribution in [1.82, 2.24) is 9.88 Å². The molecule has 3 N–H and O–H groups in total. The minimum absolute atomic E-state index is 0.0802. The molecule has 7 heteroatoms. The summed E-state index contributed by atoms with van der Waals surface area (Å²) in [5.74, 6) is -0.620. The number of carbonyl (C=O) groups is 2. The minimum atomic E-state index is -0.349. The highest BCUT2D eigenvalue weighted by atomic mass is 19.1. The maximum absolute atomic E-state index is 13.6. The molecule has 1 aliphatic heterocycles. The Balaban J connectivity index is 1.28.